The summed E-state index contributed by atoms with van der Waals surface area (Å²) in [6.45, 7) is 0.169. The molecule has 0 saturated carbocycles. The highest BCUT2D eigenvalue weighted by molar-refractivity contribution is 6.61. The number of primary amides is 1. The second kappa shape index (κ2) is 8.57. The molecule has 32 heavy (non-hydrogen) atoms. The number of hydrogen-bond donors (Lipinski definition) is 4. The third-order valence-corrected chi connectivity index (χ3v) is 4.53. The van der Waals surface area contributed by atoms with Crippen LogP contribution in [-0.4, -0.2) is 54.7 Å². The number of nitrogens with zero attached hydrogens (tertiary/aromatic N) is 5. The molecule has 5 N–H and O–H groups in total. The smallest absolute Gasteiger partial charge is 0.468 e. The zero-order valence-corrected chi connectivity index (χ0v) is 16.7. The Labute approximate surface area is 180 Å². The van der Waals surface area contributed by atoms with E-state index >= 15 is 0 Å². The highest BCUT2D eigenvalue weighted by atomic mass is 19.1. The number of carbonyl (C=O) groups is 1. The Kier molecular flexibility index (Phi) is 5.66. The Bertz CT molecular complexity index is 1310. The Hall–Kier alpha value is -4.10. The van der Waals surface area contributed by atoms with Crippen LogP contribution in [0.2, 0.25) is 0 Å². The molecule has 1 amide bonds. The lowest BCUT2D eigenvalue weighted by Crippen LogP contribution is -2.30. The van der Waals surface area contributed by atoms with Crippen molar-refractivity contribution in [2.24, 2.45) is 5.73 Å². The molecule has 2 aromatic carbocycles. The monoisotopic (exact) mass is 437 g/mol. The molecular weight excluding hydrogens is 420 g/mol. The molecule has 0 aliphatic rings. The van der Waals surface area contributed by atoms with Crippen molar-refractivity contribution in [2.45, 2.75) is 6.54 Å². The quantitative estimate of drug-likeness (QED) is 0.286. The fraction of sp³-hybridized carbons (Fsp3) is 0.105. The van der Waals surface area contributed by atoms with Gasteiger partial charge in [-0.15, -0.1) is 0 Å². The van der Waals surface area contributed by atoms with E-state index in [4.69, 9.17) is 10.5 Å². The first-order valence-corrected chi connectivity index (χ1v) is 9.33. The number of imidazole rings is 1. The molecule has 0 aliphatic heterocycles. The van der Waals surface area contributed by atoms with Gasteiger partial charge in [-0.05, 0) is 23.8 Å². The number of benzene rings is 2. The van der Waals surface area contributed by atoms with Crippen LogP contribution < -0.4 is 21.3 Å². The summed E-state index contributed by atoms with van der Waals surface area (Å²) >= 11 is 0. The minimum absolute atomic E-state index is 0.00955. The van der Waals surface area contributed by atoms with E-state index in [0.717, 1.165) is 0 Å². The van der Waals surface area contributed by atoms with Crippen LogP contribution in [0.15, 0.2) is 42.5 Å². The van der Waals surface area contributed by atoms with Gasteiger partial charge in [-0.2, -0.15) is 19.9 Å². The van der Waals surface area contributed by atoms with Crippen LogP contribution in [0.1, 0.15) is 16.2 Å². The molecule has 0 spiro atoms. The van der Waals surface area contributed by atoms with Crippen LogP contribution >= 0.6 is 0 Å². The number of amides is 1. The lowest BCUT2D eigenvalue weighted by molar-refractivity contribution is 0.0990. The molecule has 4 aromatic rings. The number of nitrogens with one attached hydrogen (secondary N) is 1. The molecule has 0 radical (unpaired) electrons. The summed E-state index contributed by atoms with van der Waals surface area (Å²) in [5.41, 5.74) is 6.80. The fourth-order valence-corrected chi connectivity index (χ4v) is 3.12. The van der Waals surface area contributed by atoms with Crippen molar-refractivity contribution in [2.75, 3.05) is 12.4 Å². The molecule has 2 heterocycles. The highest BCUT2D eigenvalue weighted by Crippen LogP contribution is 2.24. The molecule has 0 bridgehead atoms. The topological polar surface area (TPSA) is 161 Å². The predicted molar refractivity (Wildman–Crippen MR) is 113 cm³/mol. The van der Waals surface area contributed by atoms with E-state index in [-0.39, 0.29) is 41.3 Å². The van der Waals surface area contributed by atoms with Crippen molar-refractivity contribution in [1.82, 2.24) is 24.5 Å². The number of aromatic nitrogens is 5. The van der Waals surface area contributed by atoms with Crippen LogP contribution in [0.5, 0.6) is 6.01 Å². The maximum Gasteiger partial charge on any atom is 0.490 e. The van der Waals surface area contributed by atoms with E-state index in [1.807, 2.05) is 0 Å². The van der Waals surface area contributed by atoms with Crippen molar-refractivity contribution in [3.8, 4) is 12.0 Å². The van der Waals surface area contributed by atoms with Crippen LogP contribution in [-0.2, 0) is 6.54 Å². The molecule has 0 saturated heterocycles. The van der Waals surface area contributed by atoms with Gasteiger partial charge in [0, 0.05) is 12.0 Å². The molecule has 0 unspecified atom stereocenters. The lowest BCUT2D eigenvalue weighted by Gasteiger charge is -2.10. The number of carbonyl (C=O) groups excluding carboxylic acids is 1. The summed E-state index contributed by atoms with van der Waals surface area (Å²) in [7, 11) is -0.402. The summed E-state index contributed by atoms with van der Waals surface area (Å²) in [4.78, 5) is 28.5. The van der Waals surface area contributed by atoms with E-state index in [2.05, 4.69) is 25.3 Å². The highest BCUT2D eigenvalue weighted by Gasteiger charge is 2.23. The van der Waals surface area contributed by atoms with Crippen LogP contribution in [0.4, 0.5) is 10.3 Å². The minimum atomic E-state index is -1.77. The Morgan fingerprint density at radius 1 is 1.19 bits per heavy atom. The number of rotatable bonds is 7. The molecule has 2 aromatic heterocycles. The van der Waals surface area contributed by atoms with Gasteiger partial charge in [0.15, 0.2) is 0 Å². The maximum absolute atomic E-state index is 13.4. The SMILES string of the molecule is COc1nc2c(B(O)O)cccc2n1-c1nc(NCc2cccc(F)c2)nc(C(N)=O)n1. The zero-order valence-electron chi connectivity index (χ0n) is 16.7. The first-order valence-electron chi connectivity index (χ1n) is 9.33. The summed E-state index contributed by atoms with van der Waals surface area (Å²) in [6, 6.07) is 10.7. The molecule has 11 nitrogen and oxygen atoms in total. The van der Waals surface area contributed by atoms with Crippen LogP contribution in [0, 0.1) is 5.82 Å². The van der Waals surface area contributed by atoms with E-state index in [0.29, 0.717) is 11.1 Å². The number of methoxy groups -OCH3 is 1. The molecule has 0 fully saturated rings. The minimum Gasteiger partial charge on any atom is -0.468 e. The molecule has 0 aliphatic carbocycles. The second-order valence-electron chi connectivity index (χ2n) is 6.65. The van der Waals surface area contributed by atoms with Gasteiger partial charge >= 0.3 is 13.1 Å². The van der Waals surface area contributed by atoms with Gasteiger partial charge in [-0.1, -0.05) is 24.3 Å². The number of hydrogen-bond acceptors (Lipinski definition) is 9. The van der Waals surface area contributed by atoms with Crippen molar-refractivity contribution < 1.29 is 24.0 Å². The molecule has 4 rings (SSSR count). The Balaban J connectivity index is 1.82. The van der Waals surface area contributed by atoms with Gasteiger partial charge in [0.05, 0.1) is 18.1 Å². The Morgan fingerprint density at radius 3 is 2.66 bits per heavy atom. The number of anilines is 1. The first-order chi connectivity index (χ1) is 15.4. The van der Waals surface area contributed by atoms with E-state index in [1.54, 1.807) is 24.3 Å². The number of para-hydroxylation sites is 1. The standard InChI is InChI=1S/C19H17BFN7O4/c1-32-19-24-14-12(20(30)31)6-3-7-13(14)28(19)18-26-16(15(22)29)25-17(27-18)23-9-10-4-2-5-11(21)8-10/h2-8,30-31H,9H2,1H3,(H2,22,29)(H,23,25,26,27). The van der Waals surface area contributed by atoms with E-state index in [1.165, 1.54) is 29.9 Å². The van der Waals surface area contributed by atoms with Crippen LogP contribution in [0.25, 0.3) is 17.0 Å². The zero-order chi connectivity index (χ0) is 22.8. The summed E-state index contributed by atoms with van der Waals surface area (Å²) in [6.07, 6.45) is 0. The lowest BCUT2D eigenvalue weighted by atomic mass is 9.79. The van der Waals surface area contributed by atoms with Gasteiger partial charge in [0.25, 0.3) is 5.91 Å². The number of halogens is 1. The normalized spacial score (nSPS) is 10.9. The number of ether oxygens (including phenoxy) is 1. The molecule has 13 heteroatoms. The fourth-order valence-electron chi connectivity index (χ4n) is 3.12. The number of nitrogens with two attached hydrogens (primary N) is 1. The summed E-state index contributed by atoms with van der Waals surface area (Å²) < 4.78 is 20.1. The summed E-state index contributed by atoms with van der Waals surface area (Å²) in [5, 5.41) is 22.2. The summed E-state index contributed by atoms with van der Waals surface area (Å²) in [5.74, 6) is -1.64. The van der Waals surface area contributed by atoms with Crippen LogP contribution in [0.3, 0.4) is 0 Å². The van der Waals surface area contributed by atoms with Gasteiger partial charge in [0.1, 0.15) is 5.82 Å². The van der Waals surface area contributed by atoms with Gasteiger partial charge < -0.3 is 25.8 Å². The van der Waals surface area contributed by atoms with Crippen molar-refractivity contribution >= 4 is 35.5 Å². The van der Waals surface area contributed by atoms with Crippen molar-refractivity contribution in [3.05, 3.63) is 59.7 Å². The number of fused-ring (bicyclic) bond motifs is 1. The largest absolute Gasteiger partial charge is 0.490 e. The van der Waals surface area contributed by atoms with Gasteiger partial charge in [0.2, 0.25) is 17.7 Å². The predicted octanol–water partition coefficient (Wildman–Crippen LogP) is -0.251. The second-order valence-corrected chi connectivity index (χ2v) is 6.65. The molecule has 0 atom stereocenters. The third-order valence-electron chi connectivity index (χ3n) is 4.53. The van der Waals surface area contributed by atoms with Gasteiger partial charge in [-0.3, -0.25) is 4.79 Å². The van der Waals surface area contributed by atoms with E-state index in [9.17, 15) is 19.2 Å². The van der Waals surface area contributed by atoms with Crippen molar-refractivity contribution in [1.29, 1.82) is 0 Å². The molecular formula is C19H17BFN7O4. The first kappa shape index (κ1) is 21.1. The average Bonchev–Trinajstić information content (AvgIpc) is 3.16. The average molecular weight is 437 g/mol. The third kappa shape index (κ3) is 4.06. The van der Waals surface area contributed by atoms with Crippen molar-refractivity contribution in [3.63, 3.8) is 0 Å². The van der Waals surface area contributed by atoms with Gasteiger partial charge in [-0.25, -0.2) is 8.96 Å². The maximum atomic E-state index is 13.4. The van der Waals surface area contributed by atoms with E-state index < -0.39 is 18.8 Å². The Morgan fingerprint density at radius 2 is 1.97 bits per heavy atom. The molecule has 162 valence electrons.